The van der Waals surface area contributed by atoms with Crippen LogP contribution < -0.4 is 10.9 Å². The lowest BCUT2D eigenvalue weighted by molar-refractivity contribution is -0.116. The minimum Gasteiger partial charge on any atom is -0.343 e. The van der Waals surface area contributed by atoms with E-state index in [0.717, 1.165) is 24.1 Å². The van der Waals surface area contributed by atoms with Gasteiger partial charge in [-0.05, 0) is 30.5 Å². The van der Waals surface area contributed by atoms with Gasteiger partial charge in [-0.3, -0.25) is 9.59 Å². The number of benzene rings is 1. The normalized spacial score (nSPS) is 19.0. The molecule has 1 aliphatic heterocycles. The van der Waals surface area contributed by atoms with E-state index in [0.29, 0.717) is 28.5 Å². The number of Topliss-reactive ketones (excluding diaryl/α,β-unsaturated/α-hetero) is 1. The minimum absolute atomic E-state index is 0.0313. The summed E-state index contributed by atoms with van der Waals surface area (Å²) in [6.07, 6.45) is 1.96. The lowest BCUT2D eigenvalue weighted by Crippen LogP contribution is -2.32. The Morgan fingerprint density at radius 1 is 1.19 bits per heavy atom. The third-order valence-electron chi connectivity index (χ3n) is 4.79. The number of halogens is 1. The summed E-state index contributed by atoms with van der Waals surface area (Å²) < 4.78 is 13.4. The molecule has 1 atom stereocenters. The van der Waals surface area contributed by atoms with Crippen molar-refractivity contribution in [2.75, 3.05) is 5.32 Å². The van der Waals surface area contributed by atoms with Gasteiger partial charge in [0.15, 0.2) is 10.9 Å². The molecule has 0 unspecified atom stereocenters. The van der Waals surface area contributed by atoms with Crippen molar-refractivity contribution in [2.45, 2.75) is 49.4 Å². The Morgan fingerprint density at radius 2 is 1.93 bits per heavy atom. The standard InChI is InChI=1S/C20H20FN3O2S/c1-10(2)27-20-23-18-17(19(26)24-20)15(11-6-8-12(21)9-7-11)16-13(22-18)4-3-5-14(16)25/h6-10,15H,3-5H2,1-2H3,(H2,22,23,24,26)/t15-/m1/s1. The van der Waals surface area contributed by atoms with Crippen LogP contribution in [0.1, 0.15) is 50.2 Å². The number of nitrogens with one attached hydrogen (secondary N) is 2. The third kappa shape index (κ3) is 3.32. The zero-order valence-electron chi connectivity index (χ0n) is 15.1. The van der Waals surface area contributed by atoms with E-state index in [1.165, 1.54) is 23.9 Å². The average molecular weight is 385 g/mol. The molecule has 140 valence electrons. The maximum Gasteiger partial charge on any atom is 0.257 e. The van der Waals surface area contributed by atoms with Crippen LogP contribution >= 0.6 is 11.8 Å². The van der Waals surface area contributed by atoms with Crippen LogP contribution in [0.25, 0.3) is 0 Å². The molecule has 0 saturated heterocycles. The second-order valence-electron chi connectivity index (χ2n) is 7.08. The van der Waals surface area contributed by atoms with Crippen LogP contribution in [0.2, 0.25) is 0 Å². The van der Waals surface area contributed by atoms with Gasteiger partial charge in [0.2, 0.25) is 0 Å². The van der Waals surface area contributed by atoms with E-state index in [1.807, 2.05) is 13.8 Å². The highest BCUT2D eigenvalue weighted by Crippen LogP contribution is 2.43. The van der Waals surface area contributed by atoms with Crippen molar-refractivity contribution in [1.82, 2.24) is 9.97 Å². The summed E-state index contributed by atoms with van der Waals surface area (Å²) in [5.74, 6) is -0.361. The quantitative estimate of drug-likeness (QED) is 0.618. The molecule has 0 bridgehead atoms. The minimum atomic E-state index is -0.529. The third-order valence-corrected chi connectivity index (χ3v) is 5.68. The maximum atomic E-state index is 13.4. The highest BCUT2D eigenvalue weighted by molar-refractivity contribution is 7.99. The van der Waals surface area contributed by atoms with Gasteiger partial charge in [0, 0.05) is 28.9 Å². The molecule has 0 fully saturated rings. The number of nitrogens with zero attached hydrogens (tertiary/aromatic N) is 1. The van der Waals surface area contributed by atoms with E-state index in [4.69, 9.17) is 0 Å². The van der Waals surface area contributed by atoms with Crippen LogP contribution in [0, 0.1) is 5.82 Å². The number of H-pyrrole nitrogens is 1. The van der Waals surface area contributed by atoms with E-state index < -0.39 is 5.92 Å². The van der Waals surface area contributed by atoms with E-state index in [-0.39, 0.29) is 22.4 Å². The average Bonchev–Trinajstić information content (AvgIpc) is 2.60. The number of aromatic amines is 1. The first-order chi connectivity index (χ1) is 12.9. The van der Waals surface area contributed by atoms with Crippen LogP contribution in [0.3, 0.4) is 0 Å². The van der Waals surface area contributed by atoms with Crippen molar-refractivity contribution < 1.29 is 9.18 Å². The number of anilines is 1. The predicted octanol–water partition coefficient (Wildman–Crippen LogP) is 3.97. The molecule has 1 aromatic heterocycles. The Morgan fingerprint density at radius 3 is 2.63 bits per heavy atom. The summed E-state index contributed by atoms with van der Waals surface area (Å²) in [6, 6.07) is 5.99. The van der Waals surface area contributed by atoms with Gasteiger partial charge in [-0.2, -0.15) is 0 Å². The number of thioether (sulfide) groups is 1. The van der Waals surface area contributed by atoms with Crippen molar-refractivity contribution in [3.8, 4) is 0 Å². The fourth-order valence-electron chi connectivity index (χ4n) is 3.71. The van der Waals surface area contributed by atoms with E-state index >= 15 is 0 Å². The summed E-state index contributed by atoms with van der Waals surface area (Å²) in [4.78, 5) is 33.1. The second kappa shape index (κ2) is 6.96. The lowest BCUT2D eigenvalue weighted by atomic mass is 9.76. The first kappa shape index (κ1) is 18.0. The van der Waals surface area contributed by atoms with Gasteiger partial charge in [-0.1, -0.05) is 37.7 Å². The summed E-state index contributed by atoms with van der Waals surface area (Å²) >= 11 is 1.48. The van der Waals surface area contributed by atoms with Crippen LogP contribution in [0.15, 0.2) is 45.5 Å². The van der Waals surface area contributed by atoms with Crippen LogP contribution in [-0.2, 0) is 4.79 Å². The van der Waals surface area contributed by atoms with Crippen molar-refractivity contribution in [3.05, 3.63) is 62.8 Å². The number of fused-ring (bicyclic) bond motifs is 1. The molecule has 7 heteroatoms. The van der Waals surface area contributed by atoms with Crippen molar-refractivity contribution in [2.24, 2.45) is 0 Å². The second-order valence-corrected chi connectivity index (χ2v) is 8.64. The van der Waals surface area contributed by atoms with Crippen molar-refractivity contribution >= 4 is 23.4 Å². The molecule has 1 aromatic carbocycles. The maximum absolute atomic E-state index is 13.4. The Balaban J connectivity index is 1.92. The van der Waals surface area contributed by atoms with Gasteiger partial charge < -0.3 is 10.3 Å². The predicted molar refractivity (Wildman–Crippen MR) is 104 cm³/mol. The van der Waals surface area contributed by atoms with Crippen LogP contribution in [-0.4, -0.2) is 21.0 Å². The van der Waals surface area contributed by atoms with Gasteiger partial charge in [-0.25, -0.2) is 9.37 Å². The first-order valence-electron chi connectivity index (χ1n) is 9.03. The molecule has 1 aliphatic carbocycles. The fourth-order valence-corrected chi connectivity index (χ4v) is 4.45. The Bertz CT molecular complexity index is 995. The Hall–Kier alpha value is -2.41. The Kier molecular flexibility index (Phi) is 4.63. The number of rotatable bonds is 3. The topological polar surface area (TPSA) is 74.8 Å². The SMILES string of the molecule is CC(C)Sc1nc2c(c(=O)[nH]1)[C@H](c1ccc(F)cc1)C1=C(CCCC1=O)N2. The van der Waals surface area contributed by atoms with Crippen molar-refractivity contribution in [1.29, 1.82) is 0 Å². The van der Waals surface area contributed by atoms with E-state index in [9.17, 15) is 14.0 Å². The largest absolute Gasteiger partial charge is 0.343 e. The summed E-state index contributed by atoms with van der Waals surface area (Å²) in [5, 5.41) is 4.05. The van der Waals surface area contributed by atoms with Crippen LogP contribution in [0.5, 0.6) is 0 Å². The molecule has 0 saturated carbocycles. The molecule has 2 aromatic rings. The Labute approximate surface area is 160 Å². The highest BCUT2D eigenvalue weighted by atomic mass is 32.2. The van der Waals surface area contributed by atoms with Gasteiger partial charge in [-0.15, -0.1) is 0 Å². The van der Waals surface area contributed by atoms with Crippen molar-refractivity contribution in [3.63, 3.8) is 0 Å². The number of aromatic nitrogens is 2. The summed E-state index contributed by atoms with van der Waals surface area (Å²) in [7, 11) is 0. The van der Waals surface area contributed by atoms with Crippen LogP contribution in [0.4, 0.5) is 10.2 Å². The van der Waals surface area contributed by atoms with E-state index in [2.05, 4.69) is 15.3 Å². The number of carbonyl (C=O) groups is 1. The molecular weight excluding hydrogens is 365 g/mol. The fraction of sp³-hybridized carbons (Fsp3) is 0.350. The first-order valence-corrected chi connectivity index (χ1v) is 9.91. The zero-order valence-corrected chi connectivity index (χ0v) is 16.0. The van der Waals surface area contributed by atoms with Gasteiger partial charge in [0.25, 0.3) is 5.56 Å². The molecule has 2 aliphatic rings. The monoisotopic (exact) mass is 385 g/mol. The number of hydrogen-bond acceptors (Lipinski definition) is 5. The molecule has 2 N–H and O–H groups in total. The number of allylic oxidation sites excluding steroid dienone is 2. The molecule has 27 heavy (non-hydrogen) atoms. The molecule has 5 nitrogen and oxygen atoms in total. The molecule has 0 spiro atoms. The summed E-state index contributed by atoms with van der Waals surface area (Å²) in [6.45, 7) is 4.05. The molecule has 0 radical (unpaired) electrons. The lowest BCUT2D eigenvalue weighted by Gasteiger charge is -2.32. The molecule has 0 amide bonds. The number of ketones is 1. The smallest absolute Gasteiger partial charge is 0.257 e. The molecular formula is C20H20FN3O2S. The highest BCUT2D eigenvalue weighted by Gasteiger charge is 2.37. The molecule has 4 rings (SSSR count). The van der Waals surface area contributed by atoms with Gasteiger partial charge in [0.05, 0.1) is 5.56 Å². The molecule has 2 heterocycles. The van der Waals surface area contributed by atoms with Gasteiger partial charge >= 0.3 is 0 Å². The number of carbonyl (C=O) groups excluding carboxylic acids is 1. The zero-order chi connectivity index (χ0) is 19.1. The van der Waals surface area contributed by atoms with E-state index in [1.54, 1.807) is 12.1 Å². The van der Waals surface area contributed by atoms with Gasteiger partial charge in [0.1, 0.15) is 11.6 Å². The summed E-state index contributed by atoms with van der Waals surface area (Å²) in [5.41, 5.74) is 2.31. The number of hydrogen-bond donors (Lipinski definition) is 2.